The Kier molecular flexibility index (Phi) is 7.08. The number of nitrogens with zero attached hydrogens (tertiary/aromatic N) is 5. The van der Waals surface area contributed by atoms with Gasteiger partial charge in [0, 0.05) is 49.3 Å². The summed E-state index contributed by atoms with van der Waals surface area (Å²) < 4.78 is 32.9. The molecule has 9 nitrogen and oxygen atoms in total. The minimum atomic E-state index is -3.41. The standard InChI is InChI=1S/C25H26ClN5O4S/c26-20-6-8-21(9-7-20)31-23(19-4-3-5-22(16-19)35-24-17-27-10-11-28-24)18-29(25(31)32)14-15-36(33,34)30-12-1-2-13-30/h3-11,16-17,23H,1-2,12-15,18H2. The van der Waals surface area contributed by atoms with Gasteiger partial charge in [-0.1, -0.05) is 23.7 Å². The van der Waals surface area contributed by atoms with E-state index in [-0.39, 0.29) is 24.4 Å². The average molecular weight is 528 g/mol. The van der Waals surface area contributed by atoms with Gasteiger partial charge in [-0.2, -0.15) is 0 Å². The first kappa shape index (κ1) is 24.5. The number of amides is 2. The van der Waals surface area contributed by atoms with Crippen LogP contribution in [0.15, 0.2) is 67.1 Å². The summed E-state index contributed by atoms with van der Waals surface area (Å²) in [6.45, 7) is 1.56. The Bertz CT molecular complexity index is 1320. The summed E-state index contributed by atoms with van der Waals surface area (Å²) in [6, 6.07) is 13.9. The number of benzene rings is 2. The fourth-order valence-corrected chi connectivity index (χ4v) is 6.20. The zero-order valence-electron chi connectivity index (χ0n) is 19.5. The molecule has 0 bridgehead atoms. The first-order valence-corrected chi connectivity index (χ1v) is 13.7. The third kappa shape index (κ3) is 5.30. The maximum absolute atomic E-state index is 13.5. The van der Waals surface area contributed by atoms with Gasteiger partial charge in [-0.25, -0.2) is 22.5 Å². The van der Waals surface area contributed by atoms with E-state index in [1.165, 1.54) is 10.5 Å². The van der Waals surface area contributed by atoms with Crippen LogP contribution in [0.4, 0.5) is 10.5 Å². The smallest absolute Gasteiger partial charge is 0.325 e. The molecule has 5 rings (SSSR count). The number of sulfonamides is 1. The van der Waals surface area contributed by atoms with E-state index in [2.05, 4.69) is 9.97 Å². The van der Waals surface area contributed by atoms with E-state index < -0.39 is 10.0 Å². The fourth-order valence-electron chi connectivity index (χ4n) is 4.55. The van der Waals surface area contributed by atoms with Crippen LogP contribution in [0.2, 0.25) is 5.02 Å². The number of carbonyl (C=O) groups excluding carboxylic acids is 1. The second-order valence-corrected chi connectivity index (χ2v) is 11.3. The van der Waals surface area contributed by atoms with E-state index in [1.54, 1.807) is 46.5 Å². The van der Waals surface area contributed by atoms with Crippen molar-refractivity contribution in [1.29, 1.82) is 0 Å². The van der Waals surface area contributed by atoms with E-state index >= 15 is 0 Å². The van der Waals surface area contributed by atoms with Gasteiger partial charge in [-0.05, 0) is 54.8 Å². The Hall–Kier alpha value is -3.21. The molecule has 1 aromatic heterocycles. The first-order chi connectivity index (χ1) is 17.4. The lowest BCUT2D eigenvalue weighted by atomic mass is 10.1. The predicted molar refractivity (Wildman–Crippen MR) is 137 cm³/mol. The lowest BCUT2D eigenvalue weighted by Crippen LogP contribution is -2.38. The first-order valence-electron chi connectivity index (χ1n) is 11.8. The molecule has 2 aromatic carbocycles. The van der Waals surface area contributed by atoms with Crippen molar-refractivity contribution in [3.05, 3.63) is 77.7 Å². The van der Waals surface area contributed by atoms with Crippen LogP contribution in [-0.2, 0) is 10.0 Å². The van der Waals surface area contributed by atoms with Crippen LogP contribution in [0.1, 0.15) is 24.4 Å². The van der Waals surface area contributed by atoms with E-state index in [1.807, 2.05) is 24.3 Å². The minimum absolute atomic E-state index is 0.101. The molecule has 2 fully saturated rings. The molecule has 0 saturated carbocycles. The van der Waals surface area contributed by atoms with Crippen molar-refractivity contribution in [2.75, 3.05) is 36.8 Å². The maximum atomic E-state index is 13.5. The molecular formula is C25H26ClN5O4S. The normalized spacial score (nSPS) is 18.7. The Balaban J connectivity index is 1.40. The van der Waals surface area contributed by atoms with Gasteiger partial charge in [-0.15, -0.1) is 0 Å². The van der Waals surface area contributed by atoms with E-state index in [4.69, 9.17) is 16.3 Å². The van der Waals surface area contributed by atoms with Gasteiger partial charge in [0.15, 0.2) is 0 Å². The summed E-state index contributed by atoms with van der Waals surface area (Å²) in [6.07, 6.45) is 6.39. The Morgan fingerprint density at radius 1 is 1.06 bits per heavy atom. The van der Waals surface area contributed by atoms with Crippen LogP contribution in [0, 0.1) is 0 Å². The lowest BCUT2D eigenvalue weighted by molar-refractivity contribution is 0.223. The molecular weight excluding hydrogens is 502 g/mol. The van der Waals surface area contributed by atoms with Crippen molar-refractivity contribution in [3.63, 3.8) is 0 Å². The average Bonchev–Trinajstić information content (AvgIpc) is 3.54. The van der Waals surface area contributed by atoms with Crippen LogP contribution in [0.5, 0.6) is 11.6 Å². The SMILES string of the molecule is O=C1N(CCS(=O)(=O)N2CCCC2)CC(c2cccc(Oc3cnccn3)c2)N1c1ccc(Cl)cc1. The van der Waals surface area contributed by atoms with Gasteiger partial charge in [0.2, 0.25) is 15.9 Å². The van der Waals surface area contributed by atoms with Crippen molar-refractivity contribution in [2.45, 2.75) is 18.9 Å². The minimum Gasteiger partial charge on any atom is -0.437 e. The Morgan fingerprint density at radius 2 is 1.83 bits per heavy atom. The molecule has 1 unspecified atom stereocenters. The molecule has 2 aliphatic rings. The molecule has 188 valence electrons. The molecule has 0 spiro atoms. The molecule has 2 saturated heterocycles. The third-order valence-electron chi connectivity index (χ3n) is 6.37. The molecule has 2 amide bonds. The number of ether oxygens (including phenoxy) is 1. The summed E-state index contributed by atoms with van der Waals surface area (Å²) in [7, 11) is -3.41. The van der Waals surface area contributed by atoms with Gasteiger partial charge in [0.1, 0.15) is 5.75 Å². The Morgan fingerprint density at radius 3 is 2.56 bits per heavy atom. The highest BCUT2D eigenvalue weighted by Gasteiger charge is 2.40. The monoisotopic (exact) mass is 527 g/mol. The predicted octanol–water partition coefficient (Wildman–Crippen LogP) is 4.33. The fraction of sp³-hybridized carbons (Fsp3) is 0.320. The van der Waals surface area contributed by atoms with Crippen LogP contribution in [0.25, 0.3) is 0 Å². The number of rotatable bonds is 8. The number of anilines is 1. The molecule has 11 heteroatoms. The number of aromatic nitrogens is 2. The van der Waals surface area contributed by atoms with Gasteiger partial charge >= 0.3 is 6.03 Å². The van der Waals surface area contributed by atoms with Crippen LogP contribution in [0.3, 0.4) is 0 Å². The number of carbonyl (C=O) groups is 1. The highest BCUT2D eigenvalue weighted by atomic mass is 35.5. The number of halogens is 1. The van der Waals surface area contributed by atoms with Crippen LogP contribution >= 0.6 is 11.6 Å². The van der Waals surface area contributed by atoms with Crippen LogP contribution < -0.4 is 9.64 Å². The second kappa shape index (κ2) is 10.4. The van der Waals surface area contributed by atoms with Crippen molar-refractivity contribution < 1.29 is 17.9 Å². The van der Waals surface area contributed by atoms with Crippen molar-refractivity contribution in [3.8, 4) is 11.6 Å². The van der Waals surface area contributed by atoms with Gasteiger partial charge in [0.05, 0.1) is 18.0 Å². The second-order valence-electron chi connectivity index (χ2n) is 8.73. The van der Waals surface area contributed by atoms with E-state index in [0.29, 0.717) is 42.0 Å². The topological polar surface area (TPSA) is 95.9 Å². The Labute approximate surface area is 215 Å². The van der Waals surface area contributed by atoms with Crippen molar-refractivity contribution in [2.24, 2.45) is 0 Å². The molecule has 0 aliphatic carbocycles. The van der Waals surface area contributed by atoms with Gasteiger partial charge < -0.3 is 9.64 Å². The third-order valence-corrected chi connectivity index (χ3v) is 8.47. The summed E-state index contributed by atoms with van der Waals surface area (Å²) in [5, 5.41) is 0.565. The number of hydrogen-bond donors (Lipinski definition) is 0. The van der Waals surface area contributed by atoms with E-state index in [9.17, 15) is 13.2 Å². The largest absolute Gasteiger partial charge is 0.437 e. The highest BCUT2D eigenvalue weighted by molar-refractivity contribution is 7.89. The molecule has 2 aliphatic heterocycles. The number of urea groups is 1. The zero-order valence-corrected chi connectivity index (χ0v) is 21.1. The quantitative estimate of drug-likeness (QED) is 0.432. The molecule has 0 radical (unpaired) electrons. The highest BCUT2D eigenvalue weighted by Crippen LogP contribution is 2.36. The lowest BCUT2D eigenvalue weighted by Gasteiger charge is -2.24. The van der Waals surface area contributed by atoms with E-state index in [0.717, 1.165) is 18.4 Å². The number of hydrogen-bond acceptors (Lipinski definition) is 6. The molecule has 3 heterocycles. The molecule has 1 atom stereocenters. The van der Waals surface area contributed by atoms with Crippen LogP contribution in [-0.4, -0.2) is 65.6 Å². The molecule has 3 aromatic rings. The summed E-state index contributed by atoms with van der Waals surface area (Å²) in [5.74, 6) is 0.822. The molecule has 36 heavy (non-hydrogen) atoms. The zero-order chi connectivity index (χ0) is 25.1. The maximum Gasteiger partial charge on any atom is 0.325 e. The summed E-state index contributed by atoms with van der Waals surface area (Å²) in [5.41, 5.74) is 1.53. The summed E-state index contributed by atoms with van der Waals surface area (Å²) >= 11 is 6.08. The van der Waals surface area contributed by atoms with Crippen molar-refractivity contribution in [1.82, 2.24) is 19.2 Å². The van der Waals surface area contributed by atoms with Gasteiger partial charge in [0.25, 0.3) is 0 Å². The van der Waals surface area contributed by atoms with Gasteiger partial charge in [-0.3, -0.25) is 9.88 Å². The summed E-state index contributed by atoms with van der Waals surface area (Å²) in [4.78, 5) is 25.0. The van der Waals surface area contributed by atoms with Crippen molar-refractivity contribution >= 4 is 33.3 Å². The molecule has 0 N–H and O–H groups in total.